The lowest BCUT2D eigenvalue weighted by Crippen LogP contribution is -2.37. The molecule has 2 heterocycles. The van der Waals surface area contributed by atoms with E-state index in [1.807, 2.05) is 0 Å². The van der Waals surface area contributed by atoms with Gasteiger partial charge in [0.2, 0.25) is 0 Å². The van der Waals surface area contributed by atoms with Crippen LogP contribution in [0.4, 0.5) is 20.6 Å². The van der Waals surface area contributed by atoms with E-state index in [1.54, 1.807) is 20.8 Å². The average Bonchev–Trinajstić information content (AvgIpc) is 2.70. The van der Waals surface area contributed by atoms with Gasteiger partial charge in [-0.2, -0.15) is 0 Å². The zero-order valence-electron chi connectivity index (χ0n) is 18.1. The summed E-state index contributed by atoms with van der Waals surface area (Å²) in [6.45, 7) is 5.06. The highest BCUT2D eigenvalue weighted by atomic mass is 19.1. The fourth-order valence-electron chi connectivity index (χ4n) is 2.91. The third-order valence-electron chi connectivity index (χ3n) is 4.40. The molecule has 1 aromatic carbocycles. The molecule has 0 aliphatic rings. The van der Waals surface area contributed by atoms with Crippen molar-refractivity contribution in [3.05, 3.63) is 62.7 Å². The number of hydrogen-bond donors (Lipinski definition) is 2. The van der Waals surface area contributed by atoms with Crippen molar-refractivity contribution in [1.82, 2.24) is 14.1 Å². The maximum atomic E-state index is 13.8. The number of amides is 2. The third kappa shape index (κ3) is 4.66. The predicted octanol–water partition coefficient (Wildman–Crippen LogP) is 2.37. The van der Waals surface area contributed by atoms with Gasteiger partial charge in [-0.1, -0.05) is 0 Å². The third-order valence-corrected chi connectivity index (χ3v) is 4.40. The normalized spacial score (nSPS) is 11.3. The fraction of sp³-hybridized carbons (Fsp3) is 0.286. The van der Waals surface area contributed by atoms with Crippen LogP contribution in [0.25, 0.3) is 11.0 Å². The molecule has 0 spiro atoms. The summed E-state index contributed by atoms with van der Waals surface area (Å²) in [5, 5.41) is 5.09. The first-order valence-electron chi connectivity index (χ1n) is 9.55. The van der Waals surface area contributed by atoms with Crippen LogP contribution in [0, 0.1) is 5.82 Å². The quantitative estimate of drug-likeness (QED) is 0.640. The van der Waals surface area contributed by atoms with Crippen LogP contribution in [-0.4, -0.2) is 31.7 Å². The SMILES string of the molecule is Cn1c(=O)c2ccc(C(=O)Nc3cc(F)ccc3NC(=O)OC(C)(C)C)nc2n(C)c1=O. The number of aryl methyl sites for hydroxylation is 1. The first-order valence-corrected chi connectivity index (χ1v) is 9.55. The number of carbonyl (C=O) groups excluding carboxylic acids is 2. The Morgan fingerprint density at radius 1 is 1.00 bits per heavy atom. The molecule has 0 saturated heterocycles. The second-order valence-electron chi connectivity index (χ2n) is 8.04. The Morgan fingerprint density at radius 2 is 1.69 bits per heavy atom. The van der Waals surface area contributed by atoms with Crippen LogP contribution in [-0.2, 0) is 18.8 Å². The van der Waals surface area contributed by atoms with Crippen LogP contribution < -0.4 is 21.9 Å². The van der Waals surface area contributed by atoms with Crippen molar-refractivity contribution in [2.24, 2.45) is 14.1 Å². The van der Waals surface area contributed by atoms with E-state index in [0.717, 1.165) is 21.3 Å². The number of ether oxygens (including phenoxy) is 1. The maximum absolute atomic E-state index is 13.8. The largest absolute Gasteiger partial charge is 0.444 e. The molecule has 0 saturated carbocycles. The molecule has 32 heavy (non-hydrogen) atoms. The molecular weight excluding hydrogens is 421 g/mol. The Kier molecular flexibility index (Phi) is 5.84. The molecule has 0 fully saturated rings. The number of benzene rings is 1. The van der Waals surface area contributed by atoms with Crippen molar-refractivity contribution in [1.29, 1.82) is 0 Å². The average molecular weight is 443 g/mol. The zero-order chi connectivity index (χ0) is 23.8. The molecule has 0 atom stereocenters. The van der Waals surface area contributed by atoms with Crippen LogP contribution in [0.1, 0.15) is 31.3 Å². The first kappa shape index (κ1) is 22.7. The van der Waals surface area contributed by atoms with Gasteiger partial charge in [-0.3, -0.25) is 24.0 Å². The van der Waals surface area contributed by atoms with Crippen LogP contribution in [0.3, 0.4) is 0 Å². The summed E-state index contributed by atoms with van der Waals surface area (Å²) in [6, 6.07) is 6.10. The molecule has 2 aromatic heterocycles. The number of hydrogen-bond acceptors (Lipinski definition) is 6. The molecule has 0 radical (unpaired) electrons. The number of rotatable bonds is 3. The fourth-order valence-corrected chi connectivity index (χ4v) is 2.91. The number of halogens is 1. The Labute approximate surface area is 181 Å². The van der Waals surface area contributed by atoms with E-state index >= 15 is 0 Å². The van der Waals surface area contributed by atoms with Gasteiger partial charge in [0.05, 0.1) is 16.8 Å². The molecule has 2 N–H and O–H groups in total. The highest BCUT2D eigenvalue weighted by Gasteiger charge is 2.19. The minimum absolute atomic E-state index is 0.0251. The highest BCUT2D eigenvalue weighted by Crippen LogP contribution is 2.24. The van der Waals surface area contributed by atoms with Gasteiger partial charge < -0.3 is 10.1 Å². The van der Waals surface area contributed by atoms with Gasteiger partial charge >= 0.3 is 11.8 Å². The molecule has 0 aliphatic carbocycles. The number of nitrogens with one attached hydrogen (secondary N) is 2. The van der Waals surface area contributed by atoms with Gasteiger partial charge in [0.1, 0.15) is 22.8 Å². The number of pyridine rings is 1. The van der Waals surface area contributed by atoms with Crippen molar-refractivity contribution in [3.8, 4) is 0 Å². The van der Waals surface area contributed by atoms with E-state index in [1.165, 1.54) is 32.3 Å². The summed E-state index contributed by atoms with van der Waals surface area (Å²) in [4.78, 5) is 53.4. The molecule has 168 valence electrons. The van der Waals surface area contributed by atoms with Gasteiger partial charge in [-0.15, -0.1) is 0 Å². The summed E-state index contributed by atoms with van der Waals surface area (Å²) in [5.74, 6) is -1.38. The van der Waals surface area contributed by atoms with Crippen molar-refractivity contribution >= 4 is 34.4 Å². The number of fused-ring (bicyclic) bond motifs is 1. The Balaban J connectivity index is 1.94. The molecular formula is C21H22FN5O5. The van der Waals surface area contributed by atoms with Gasteiger partial charge in [0, 0.05) is 14.1 Å². The molecule has 3 aromatic rings. The second-order valence-corrected chi connectivity index (χ2v) is 8.04. The number of carbonyl (C=O) groups is 2. The van der Waals surface area contributed by atoms with Crippen molar-refractivity contribution in [3.63, 3.8) is 0 Å². The van der Waals surface area contributed by atoms with E-state index in [-0.39, 0.29) is 28.1 Å². The molecule has 0 unspecified atom stereocenters. The Hall–Kier alpha value is -4.02. The molecule has 0 bridgehead atoms. The Morgan fingerprint density at radius 3 is 2.34 bits per heavy atom. The second kappa shape index (κ2) is 8.25. The summed E-state index contributed by atoms with van der Waals surface area (Å²) in [7, 11) is 2.77. The lowest BCUT2D eigenvalue weighted by atomic mass is 10.2. The number of aromatic nitrogens is 3. The monoisotopic (exact) mass is 443 g/mol. The molecule has 10 nitrogen and oxygen atoms in total. The maximum Gasteiger partial charge on any atom is 0.412 e. The predicted molar refractivity (Wildman–Crippen MR) is 116 cm³/mol. The summed E-state index contributed by atoms with van der Waals surface area (Å²) in [5.41, 5.74) is -1.91. The minimum Gasteiger partial charge on any atom is -0.444 e. The van der Waals surface area contributed by atoms with E-state index in [2.05, 4.69) is 15.6 Å². The van der Waals surface area contributed by atoms with Crippen molar-refractivity contribution in [2.45, 2.75) is 26.4 Å². The van der Waals surface area contributed by atoms with Crippen molar-refractivity contribution < 1.29 is 18.7 Å². The molecule has 2 amide bonds. The topological polar surface area (TPSA) is 124 Å². The van der Waals surface area contributed by atoms with Gasteiger partial charge in [-0.25, -0.2) is 19.0 Å². The van der Waals surface area contributed by atoms with Crippen molar-refractivity contribution in [2.75, 3.05) is 10.6 Å². The van der Waals surface area contributed by atoms with Crippen LogP contribution in [0.5, 0.6) is 0 Å². The molecule has 0 aliphatic heterocycles. The van der Waals surface area contributed by atoms with Crippen LogP contribution in [0.2, 0.25) is 0 Å². The summed E-state index contributed by atoms with van der Waals surface area (Å²) < 4.78 is 21.1. The van der Waals surface area contributed by atoms with Crippen LogP contribution in [0.15, 0.2) is 39.9 Å². The highest BCUT2D eigenvalue weighted by molar-refractivity contribution is 6.06. The standard InChI is InChI=1S/C21H22FN5O5/c1-21(2,3)32-19(30)25-13-8-6-11(22)10-15(13)24-17(28)14-9-7-12-16(23-14)26(4)20(31)27(5)18(12)29/h6-10H,1-5H3,(H,24,28)(H,25,30). The van der Waals surface area contributed by atoms with E-state index in [0.29, 0.717) is 0 Å². The van der Waals surface area contributed by atoms with Crippen LogP contribution >= 0.6 is 0 Å². The Bertz CT molecular complexity index is 1350. The van der Waals surface area contributed by atoms with Gasteiger partial charge in [-0.05, 0) is 51.1 Å². The van der Waals surface area contributed by atoms with E-state index < -0.39 is 34.7 Å². The summed E-state index contributed by atoms with van der Waals surface area (Å²) in [6.07, 6.45) is -0.783. The number of anilines is 2. The summed E-state index contributed by atoms with van der Waals surface area (Å²) >= 11 is 0. The zero-order valence-corrected chi connectivity index (χ0v) is 18.1. The lowest BCUT2D eigenvalue weighted by Gasteiger charge is -2.20. The van der Waals surface area contributed by atoms with Gasteiger partial charge in [0.15, 0.2) is 0 Å². The molecule has 3 rings (SSSR count). The minimum atomic E-state index is -0.783. The smallest absolute Gasteiger partial charge is 0.412 e. The molecule has 11 heteroatoms. The lowest BCUT2D eigenvalue weighted by molar-refractivity contribution is 0.0635. The van der Waals surface area contributed by atoms with E-state index in [9.17, 15) is 23.6 Å². The number of nitrogens with zero attached hydrogens (tertiary/aromatic N) is 3. The first-order chi connectivity index (χ1) is 14.9. The van der Waals surface area contributed by atoms with E-state index in [4.69, 9.17) is 4.74 Å². The van der Waals surface area contributed by atoms with Gasteiger partial charge in [0.25, 0.3) is 11.5 Å².